The zero-order valence-electron chi connectivity index (χ0n) is 27.1. The van der Waals surface area contributed by atoms with Crippen LogP contribution in [0.5, 0.6) is 0 Å². The lowest BCUT2D eigenvalue weighted by molar-refractivity contribution is -0.125. The standard InChI is InChI=1S/C12H16O.C11H14O.2C6H12O/c1-12(2,3)11(13)9-10-7-5-4-6-8-10;1-11(2,3)10(12)9-7-5-4-6-8-9;2*1-5(7)6(2,3)4/h4-8H,9H2,1-3H3;4-8H,1-3H3;2*1-4H3. The highest BCUT2D eigenvalue weighted by Crippen LogP contribution is 2.20. The van der Waals surface area contributed by atoms with Gasteiger partial charge in [-0.1, -0.05) is 144 Å². The smallest absolute Gasteiger partial charge is 0.168 e. The van der Waals surface area contributed by atoms with Crippen LogP contribution in [-0.4, -0.2) is 23.1 Å². The fourth-order valence-corrected chi connectivity index (χ4v) is 2.07. The maximum atomic E-state index is 11.7. The van der Waals surface area contributed by atoms with E-state index in [0.717, 1.165) is 11.1 Å². The van der Waals surface area contributed by atoms with Gasteiger partial charge in [-0.15, -0.1) is 0 Å². The Hall–Kier alpha value is -2.88. The lowest BCUT2D eigenvalue weighted by atomic mass is 9.87. The van der Waals surface area contributed by atoms with Crippen LogP contribution in [0, 0.1) is 21.7 Å². The number of carbonyl (C=O) groups excluding carboxylic acids is 4. The SMILES string of the molecule is CC(=O)C(C)(C)C.CC(=O)C(C)(C)C.CC(C)(C)C(=O)Cc1ccccc1.CC(C)(C)C(=O)c1ccccc1. The van der Waals surface area contributed by atoms with Crippen LogP contribution in [0.25, 0.3) is 0 Å². The van der Waals surface area contributed by atoms with E-state index in [1.807, 2.05) is 144 Å². The van der Waals surface area contributed by atoms with E-state index in [1.54, 1.807) is 13.8 Å². The molecule has 39 heavy (non-hydrogen) atoms. The predicted octanol–water partition coefficient (Wildman–Crippen LogP) is 9.00. The van der Waals surface area contributed by atoms with Gasteiger partial charge in [0.1, 0.15) is 17.3 Å². The van der Waals surface area contributed by atoms with Crippen molar-refractivity contribution in [3.63, 3.8) is 0 Å². The molecule has 0 amide bonds. The van der Waals surface area contributed by atoms with Crippen molar-refractivity contribution in [3.05, 3.63) is 71.8 Å². The van der Waals surface area contributed by atoms with Crippen LogP contribution in [0.3, 0.4) is 0 Å². The molecule has 0 heterocycles. The Morgan fingerprint density at radius 3 is 1.05 bits per heavy atom. The molecule has 2 rings (SSSR count). The number of hydrogen-bond donors (Lipinski definition) is 0. The molecule has 2 aromatic rings. The molecular formula is C35H54O4. The molecule has 0 unspecified atom stereocenters. The van der Waals surface area contributed by atoms with E-state index in [9.17, 15) is 19.2 Å². The van der Waals surface area contributed by atoms with Gasteiger partial charge in [-0.2, -0.15) is 0 Å². The van der Waals surface area contributed by atoms with Gasteiger partial charge in [-0.25, -0.2) is 0 Å². The topological polar surface area (TPSA) is 68.3 Å². The molecule has 0 aliphatic rings. The molecule has 218 valence electrons. The number of Topliss-reactive ketones (excluding diaryl/α,β-unsaturated/α-hetero) is 4. The highest BCUT2D eigenvalue weighted by Gasteiger charge is 2.22. The minimum Gasteiger partial charge on any atom is -0.299 e. The molecule has 2 aromatic carbocycles. The second-order valence-corrected chi connectivity index (χ2v) is 13.9. The van der Waals surface area contributed by atoms with Crippen molar-refractivity contribution in [1.82, 2.24) is 0 Å². The minimum absolute atomic E-state index is 0.139. The van der Waals surface area contributed by atoms with Gasteiger partial charge in [0.2, 0.25) is 0 Å². The summed E-state index contributed by atoms with van der Waals surface area (Å²) in [5.74, 6) is 0.974. The molecular weight excluding hydrogens is 484 g/mol. The molecule has 4 heteroatoms. The van der Waals surface area contributed by atoms with E-state index < -0.39 is 0 Å². The van der Waals surface area contributed by atoms with Gasteiger partial charge in [-0.3, -0.25) is 19.2 Å². The second-order valence-electron chi connectivity index (χ2n) is 13.9. The monoisotopic (exact) mass is 538 g/mol. The first kappa shape index (κ1) is 38.3. The van der Waals surface area contributed by atoms with Crippen molar-refractivity contribution >= 4 is 23.1 Å². The fourth-order valence-electron chi connectivity index (χ4n) is 2.07. The highest BCUT2D eigenvalue weighted by atomic mass is 16.1. The van der Waals surface area contributed by atoms with Gasteiger partial charge in [0, 0.05) is 33.6 Å². The average Bonchev–Trinajstić information content (AvgIpc) is 2.78. The lowest BCUT2D eigenvalue weighted by Crippen LogP contribution is -2.21. The summed E-state index contributed by atoms with van der Waals surface area (Å²) in [5.41, 5.74) is 1.12. The third-order valence-corrected chi connectivity index (χ3v) is 5.87. The third kappa shape index (κ3) is 18.9. The van der Waals surface area contributed by atoms with Gasteiger partial charge >= 0.3 is 0 Å². The summed E-state index contributed by atoms with van der Waals surface area (Å²) in [6, 6.07) is 19.3. The number of hydrogen-bond acceptors (Lipinski definition) is 4. The quantitative estimate of drug-likeness (QED) is 0.366. The maximum Gasteiger partial charge on any atom is 0.168 e. The van der Waals surface area contributed by atoms with Gasteiger partial charge in [0.15, 0.2) is 5.78 Å². The van der Waals surface area contributed by atoms with Gasteiger partial charge in [-0.05, 0) is 19.4 Å². The summed E-state index contributed by atoms with van der Waals surface area (Å²) in [6.45, 7) is 26.4. The van der Waals surface area contributed by atoms with Gasteiger partial charge in [0.05, 0.1) is 0 Å². The van der Waals surface area contributed by atoms with Gasteiger partial charge < -0.3 is 0 Å². The summed E-state index contributed by atoms with van der Waals surface area (Å²) >= 11 is 0. The molecule has 0 saturated carbocycles. The fraction of sp³-hybridized carbons (Fsp3) is 0.543. The highest BCUT2D eigenvalue weighted by molar-refractivity contribution is 5.99. The zero-order chi connectivity index (χ0) is 31.2. The Kier molecular flexibility index (Phi) is 16.0. The summed E-state index contributed by atoms with van der Waals surface area (Å²) in [6.07, 6.45) is 0.546. The Labute approximate surface area is 239 Å². The molecule has 0 aliphatic heterocycles. The van der Waals surface area contributed by atoms with Crippen LogP contribution in [0.1, 0.15) is 113 Å². The maximum absolute atomic E-state index is 11.7. The van der Waals surface area contributed by atoms with E-state index in [-0.39, 0.29) is 39.0 Å². The van der Waals surface area contributed by atoms with Crippen molar-refractivity contribution in [1.29, 1.82) is 0 Å². The Morgan fingerprint density at radius 1 is 0.487 bits per heavy atom. The van der Waals surface area contributed by atoms with E-state index in [1.165, 1.54) is 0 Å². The summed E-state index contributed by atoms with van der Waals surface area (Å²) < 4.78 is 0. The molecule has 0 spiro atoms. The molecule has 4 nitrogen and oxygen atoms in total. The first-order chi connectivity index (χ1) is 17.4. The van der Waals surface area contributed by atoms with Crippen molar-refractivity contribution in [2.24, 2.45) is 21.7 Å². The summed E-state index contributed by atoms with van der Waals surface area (Å²) in [5, 5.41) is 0. The van der Waals surface area contributed by atoms with E-state index >= 15 is 0 Å². The molecule has 0 radical (unpaired) electrons. The molecule has 0 aliphatic carbocycles. The number of benzene rings is 2. The van der Waals surface area contributed by atoms with Crippen molar-refractivity contribution in [3.8, 4) is 0 Å². The van der Waals surface area contributed by atoms with Crippen LogP contribution in [0.15, 0.2) is 60.7 Å². The molecule has 0 bridgehead atoms. The predicted molar refractivity (Wildman–Crippen MR) is 165 cm³/mol. The second kappa shape index (κ2) is 16.3. The average molecular weight is 539 g/mol. The van der Waals surface area contributed by atoms with E-state index in [4.69, 9.17) is 0 Å². The third-order valence-electron chi connectivity index (χ3n) is 5.87. The van der Waals surface area contributed by atoms with Gasteiger partial charge in [0.25, 0.3) is 0 Å². The van der Waals surface area contributed by atoms with Crippen LogP contribution >= 0.6 is 0 Å². The molecule has 0 saturated heterocycles. The lowest BCUT2D eigenvalue weighted by Gasteiger charge is -2.16. The zero-order valence-corrected chi connectivity index (χ0v) is 27.1. The number of carbonyl (C=O) groups is 4. The van der Waals surface area contributed by atoms with E-state index in [0.29, 0.717) is 12.2 Å². The van der Waals surface area contributed by atoms with Crippen LogP contribution in [-0.2, 0) is 20.8 Å². The first-order valence-electron chi connectivity index (χ1n) is 13.6. The molecule has 0 fully saturated rings. The van der Waals surface area contributed by atoms with Crippen molar-refractivity contribution in [2.45, 2.75) is 103 Å². The van der Waals surface area contributed by atoms with Crippen LogP contribution < -0.4 is 0 Å². The van der Waals surface area contributed by atoms with E-state index in [2.05, 4.69) is 0 Å². The Balaban J connectivity index is 0. The largest absolute Gasteiger partial charge is 0.299 e. The van der Waals surface area contributed by atoms with Crippen molar-refractivity contribution in [2.75, 3.05) is 0 Å². The normalized spacial score (nSPS) is 11.3. The number of rotatable bonds is 3. The van der Waals surface area contributed by atoms with Crippen LogP contribution in [0.4, 0.5) is 0 Å². The molecule has 0 aromatic heterocycles. The van der Waals surface area contributed by atoms with Crippen LogP contribution in [0.2, 0.25) is 0 Å². The first-order valence-corrected chi connectivity index (χ1v) is 13.6. The van der Waals surface area contributed by atoms with Crippen molar-refractivity contribution < 1.29 is 19.2 Å². The Morgan fingerprint density at radius 2 is 0.795 bits per heavy atom. The molecule has 0 atom stereocenters. The Bertz CT molecular complexity index is 997. The molecule has 0 N–H and O–H groups in total. The minimum atomic E-state index is -0.276. The summed E-state index contributed by atoms with van der Waals surface area (Å²) in [4.78, 5) is 44.2. The number of ketones is 4. The summed E-state index contributed by atoms with van der Waals surface area (Å²) in [7, 11) is 0.